The van der Waals surface area contributed by atoms with Crippen molar-refractivity contribution in [2.24, 2.45) is 34.5 Å². The zero-order valence-electron chi connectivity index (χ0n) is 16.0. The minimum atomic E-state index is 0.253. The van der Waals surface area contributed by atoms with E-state index in [4.69, 9.17) is 4.74 Å². The van der Waals surface area contributed by atoms with Crippen molar-refractivity contribution in [2.45, 2.75) is 58.8 Å². The van der Waals surface area contributed by atoms with Crippen molar-refractivity contribution >= 4 is 5.78 Å². The summed E-state index contributed by atoms with van der Waals surface area (Å²) in [7, 11) is 1.76. The summed E-state index contributed by atoms with van der Waals surface area (Å²) in [6.45, 7) is 6.78. The molecule has 0 aliphatic heterocycles. The highest BCUT2D eigenvalue weighted by atomic mass is 16.5. The van der Waals surface area contributed by atoms with Crippen LogP contribution in [0.25, 0.3) is 0 Å². The molecule has 0 bridgehead atoms. The Morgan fingerprint density at radius 3 is 2.84 bits per heavy atom. The van der Waals surface area contributed by atoms with Gasteiger partial charge in [0.05, 0.1) is 7.11 Å². The molecule has 0 unspecified atom stereocenters. The average molecular weight is 338 g/mol. The smallest absolute Gasteiger partial charge is 0.133 e. The van der Waals surface area contributed by atoms with E-state index in [1.54, 1.807) is 12.7 Å². The van der Waals surface area contributed by atoms with Gasteiger partial charge < -0.3 is 4.74 Å². The van der Waals surface area contributed by atoms with Gasteiger partial charge in [-0.15, -0.1) is 0 Å². The quantitative estimate of drug-likeness (QED) is 0.758. The van der Waals surface area contributed by atoms with Crippen LogP contribution in [0.2, 0.25) is 0 Å². The highest BCUT2D eigenvalue weighted by Gasteiger charge is 2.77. The van der Waals surface area contributed by atoms with Crippen LogP contribution in [0.4, 0.5) is 0 Å². The van der Waals surface area contributed by atoms with Crippen molar-refractivity contribution < 1.29 is 9.53 Å². The Labute approximate surface area is 151 Å². The van der Waals surface area contributed by atoms with Crippen LogP contribution in [0.5, 0.6) is 5.75 Å². The van der Waals surface area contributed by atoms with E-state index in [0.717, 1.165) is 24.0 Å². The number of carbonyl (C=O) groups is 1. The van der Waals surface area contributed by atoms with Gasteiger partial charge in [-0.05, 0) is 96.8 Å². The Balaban J connectivity index is 1.59. The molecule has 0 radical (unpaired) electrons. The molecule has 5 rings (SSSR count). The second-order valence-corrected chi connectivity index (χ2v) is 9.67. The fraction of sp³-hybridized carbons (Fsp3) is 0.696. The van der Waals surface area contributed by atoms with Crippen LogP contribution in [-0.2, 0) is 11.2 Å². The molecule has 4 aliphatic carbocycles. The lowest BCUT2D eigenvalue weighted by Gasteiger charge is -2.55. The predicted molar refractivity (Wildman–Crippen MR) is 98.8 cm³/mol. The maximum Gasteiger partial charge on any atom is 0.133 e. The molecule has 134 valence electrons. The molecule has 1 aromatic rings. The topological polar surface area (TPSA) is 26.3 Å². The van der Waals surface area contributed by atoms with Crippen LogP contribution in [0, 0.1) is 34.5 Å². The Morgan fingerprint density at radius 2 is 2.12 bits per heavy atom. The first-order valence-electron chi connectivity index (χ1n) is 10.1. The second-order valence-electron chi connectivity index (χ2n) is 9.67. The van der Waals surface area contributed by atoms with Crippen LogP contribution < -0.4 is 4.74 Å². The third-order valence-electron chi connectivity index (χ3n) is 8.90. The molecular weight excluding hydrogens is 308 g/mol. The van der Waals surface area contributed by atoms with Crippen molar-refractivity contribution in [1.29, 1.82) is 0 Å². The Hall–Kier alpha value is -1.31. The molecule has 4 aliphatic rings. The first-order chi connectivity index (χ1) is 11.9. The summed E-state index contributed by atoms with van der Waals surface area (Å²) in [4.78, 5) is 12.4. The van der Waals surface area contributed by atoms with Gasteiger partial charge in [-0.3, -0.25) is 4.79 Å². The van der Waals surface area contributed by atoms with Crippen LogP contribution in [0.1, 0.15) is 63.5 Å². The Kier molecular flexibility index (Phi) is 3.12. The van der Waals surface area contributed by atoms with Crippen molar-refractivity contribution in [3.63, 3.8) is 0 Å². The molecule has 3 saturated carbocycles. The first kappa shape index (κ1) is 15.9. The fourth-order valence-electron chi connectivity index (χ4n) is 7.99. The molecular formula is C23H30O2. The number of methoxy groups -OCH3 is 1. The Morgan fingerprint density at radius 1 is 1.32 bits per heavy atom. The van der Waals surface area contributed by atoms with Gasteiger partial charge in [-0.1, -0.05) is 19.9 Å². The molecule has 0 N–H and O–H groups in total. The number of Topliss-reactive ketones (excluding diaryl/α,β-unsaturated/α-hetero) is 1. The first-order valence-corrected chi connectivity index (χ1v) is 10.1. The van der Waals surface area contributed by atoms with E-state index >= 15 is 0 Å². The predicted octanol–water partition coefficient (Wildman–Crippen LogP) is 5.00. The normalized spacial score (nSPS) is 46.5. The third kappa shape index (κ3) is 1.79. The lowest BCUT2D eigenvalue weighted by atomic mass is 9.48. The van der Waals surface area contributed by atoms with Crippen molar-refractivity contribution in [3.05, 3.63) is 29.3 Å². The number of carbonyl (C=O) groups excluding carboxylic acids is 1. The molecule has 2 nitrogen and oxygen atoms in total. The number of rotatable bonds is 2. The van der Waals surface area contributed by atoms with E-state index in [0.29, 0.717) is 29.0 Å². The second kappa shape index (κ2) is 4.90. The monoisotopic (exact) mass is 338 g/mol. The highest BCUT2D eigenvalue weighted by molar-refractivity contribution is 5.80. The molecule has 25 heavy (non-hydrogen) atoms. The molecule has 1 aromatic carbocycles. The molecule has 1 spiro atoms. The highest BCUT2D eigenvalue weighted by Crippen LogP contribution is 2.83. The summed E-state index contributed by atoms with van der Waals surface area (Å²) in [6.07, 6.45) is 6.20. The summed E-state index contributed by atoms with van der Waals surface area (Å²) in [5.41, 5.74) is 3.79. The van der Waals surface area contributed by atoms with Crippen LogP contribution in [0.15, 0.2) is 18.2 Å². The molecule has 0 aromatic heterocycles. The van der Waals surface area contributed by atoms with Gasteiger partial charge in [-0.2, -0.15) is 0 Å². The van der Waals surface area contributed by atoms with Gasteiger partial charge in [0, 0.05) is 5.92 Å². The van der Waals surface area contributed by atoms with Crippen molar-refractivity contribution in [2.75, 3.05) is 7.11 Å². The fourth-order valence-corrected chi connectivity index (χ4v) is 7.99. The number of ether oxygens (including phenoxy) is 1. The van der Waals surface area contributed by atoms with Crippen LogP contribution >= 0.6 is 0 Å². The standard InChI is InChI=1S/C23H30O2/c1-13-9-15-10-17(25-4)5-6-18(15)19-7-8-22(3)20(14(2)24)11-16-12-23(16,22)21(13)19/h5-6,10,13,16,19-21H,7-9,11-12H2,1-4H3/t13-,16-,19-,20+,21-,22-,23-/m1/s1. The van der Waals surface area contributed by atoms with Crippen LogP contribution in [-0.4, -0.2) is 12.9 Å². The van der Waals surface area contributed by atoms with Gasteiger partial charge in [0.2, 0.25) is 0 Å². The summed E-state index contributed by atoms with van der Waals surface area (Å²) >= 11 is 0. The zero-order valence-corrected chi connectivity index (χ0v) is 16.0. The maximum absolute atomic E-state index is 12.4. The van der Waals surface area contributed by atoms with E-state index < -0.39 is 0 Å². The van der Waals surface area contributed by atoms with Gasteiger partial charge in [0.1, 0.15) is 11.5 Å². The van der Waals surface area contributed by atoms with E-state index in [9.17, 15) is 4.79 Å². The molecule has 0 heterocycles. The Bertz CT molecular complexity index is 752. The lowest BCUT2D eigenvalue weighted by molar-refractivity contribution is -0.128. The summed E-state index contributed by atoms with van der Waals surface area (Å²) in [5.74, 6) is 4.72. The van der Waals surface area contributed by atoms with E-state index in [2.05, 4.69) is 32.0 Å². The number of hydrogen-bond acceptors (Lipinski definition) is 2. The largest absolute Gasteiger partial charge is 0.497 e. The zero-order chi connectivity index (χ0) is 17.6. The van der Waals surface area contributed by atoms with Crippen molar-refractivity contribution in [3.8, 4) is 5.75 Å². The van der Waals surface area contributed by atoms with Gasteiger partial charge in [-0.25, -0.2) is 0 Å². The van der Waals surface area contributed by atoms with Gasteiger partial charge in [0.15, 0.2) is 0 Å². The average Bonchev–Trinajstić information content (AvgIpc) is 3.23. The molecule has 0 amide bonds. The van der Waals surface area contributed by atoms with Crippen LogP contribution in [0.3, 0.4) is 0 Å². The SMILES string of the molecule is COc1ccc2c(c1)C[C@@H](C)[C@@H]1[C@@H]2CC[C@]2(C)[C@H](C(C)=O)C[C@@H]3C[C@@]312. The lowest BCUT2D eigenvalue weighted by Crippen LogP contribution is -2.49. The van der Waals surface area contributed by atoms with E-state index in [1.807, 2.05) is 6.92 Å². The van der Waals surface area contributed by atoms with Gasteiger partial charge in [0.25, 0.3) is 0 Å². The molecule has 7 atom stereocenters. The number of ketones is 1. The molecule has 0 saturated heterocycles. The molecule has 2 heteroatoms. The van der Waals surface area contributed by atoms with E-state index in [1.165, 1.54) is 31.2 Å². The third-order valence-corrected chi connectivity index (χ3v) is 8.90. The van der Waals surface area contributed by atoms with E-state index in [-0.39, 0.29) is 5.41 Å². The summed E-state index contributed by atoms with van der Waals surface area (Å²) in [6, 6.07) is 6.76. The summed E-state index contributed by atoms with van der Waals surface area (Å²) < 4.78 is 5.47. The van der Waals surface area contributed by atoms with Crippen molar-refractivity contribution in [1.82, 2.24) is 0 Å². The number of hydrogen-bond donors (Lipinski definition) is 0. The minimum Gasteiger partial charge on any atom is -0.497 e. The van der Waals surface area contributed by atoms with Gasteiger partial charge >= 0.3 is 0 Å². The minimum absolute atomic E-state index is 0.253. The maximum atomic E-state index is 12.4. The molecule has 3 fully saturated rings. The number of fused-ring (bicyclic) bond motifs is 3. The summed E-state index contributed by atoms with van der Waals surface area (Å²) in [5, 5.41) is 0. The number of benzene rings is 1.